The molecule has 0 saturated carbocycles. The van der Waals surface area contributed by atoms with Crippen molar-refractivity contribution in [2.75, 3.05) is 19.1 Å². The molecule has 214 valence electrons. The Morgan fingerprint density at radius 3 is 2.48 bits per heavy atom. The summed E-state index contributed by atoms with van der Waals surface area (Å²) in [5.74, 6) is -4.61. The van der Waals surface area contributed by atoms with Crippen molar-refractivity contribution in [3.8, 4) is 17.2 Å². The molecule has 2 aromatic carbocycles. The lowest BCUT2D eigenvalue weighted by Gasteiger charge is -2.42. The summed E-state index contributed by atoms with van der Waals surface area (Å²) in [6.07, 6.45) is 3.31. The number of ether oxygens (including phenoxy) is 2. The third-order valence-electron chi connectivity index (χ3n) is 8.70. The standard InChI is InChI=1S/C31H26N2O9/c1-14-9-22(34)26-21(29(14)36)13-20-18(27(26)28-23(35)11-17(41-2)12-24(28)42-3)7-8-19-25(20)31(38)32(30(19)37)15-5-4-6-16(10-15)33(39)40/h4-7,9-12,19-20,25,27,35H,8,13H2,1-3H3/t19-,20+,25-,27-/m0/s1. The van der Waals surface area contributed by atoms with Crippen LogP contribution >= 0.6 is 0 Å². The van der Waals surface area contributed by atoms with Crippen LogP contribution in [0.4, 0.5) is 11.4 Å². The first-order valence-electron chi connectivity index (χ1n) is 13.3. The van der Waals surface area contributed by atoms with Gasteiger partial charge in [-0.2, -0.15) is 0 Å². The lowest BCUT2D eigenvalue weighted by atomic mass is 9.59. The lowest BCUT2D eigenvalue weighted by Crippen LogP contribution is -2.40. The molecule has 1 aliphatic heterocycles. The largest absolute Gasteiger partial charge is 0.507 e. The van der Waals surface area contributed by atoms with Crippen molar-refractivity contribution in [2.24, 2.45) is 17.8 Å². The highest BCUT2D eigenvalue weighted by Gasteiger charge is 2.57. The van der Waals surface area contributed by atoms with E-state index in [1.54, 1.807) is 13.0 Å². The van der Waals surface area contributed by atoms with Crippen molar-refractivity contribution in [3.05, 3.63) is 86.5 Å². The minimum absolute atomic E-state index is 0.0512. The summed E-state index contributed by atoms with van der Waals surface area (Å²) in [5.41, 5.74) is 1.42. The summed E-state index contributed by atoms with van der Waals surface area (Å²) in [4.78, 5) is 66.4. The predicted octanol–water partition coefficient (Wildman–Crippen LogP) is 3.95. The van der Waals surface area contributed by atoms with Crippen LogP contribution in [0.25, 0.3) is 0 Å². The summed E-state index contributed by atoms with van der Waals surface area (Å²) in [6, 6.07) is 8.29. The van der Waals surface area contributed by atoms with E-state index in [9.17, 15) is 34.4 Å². The molecular formula is C31H26N2O9. The number of fused-ring (bicyclic) bond motifs is 3. The number of rotatable bonds is 5. The molecule has 42 heavy (non-hydrogen) atoms. The number of methoxy groups -OCH3 is 2. The van der Waals surface area contributed by atoms with Gasteiger partial charge in [0.2, 0.25) is 11.8 Å². The highest BCUT2D eigenvalue weighted by molar-refractivity contribution is 6.25. The number of amides is 2. The third-order valence-corrected chi connectivity index (χ3v) is 8.70. The molecule has 0 spiro atoms. The predicted molar refractivity (Wildman–Crippen MR) is 148 cm³/mol. The third kappa shape index (κ3) is 3.87. The Bertz CT molecular complexity index is 1720. The number of nitro benzene ring substituents is 1. The zero-order valence-corrected chi connectivity index (χ0v) is 23.0. The highest BCUT2D eigenvalue weighted by atomic mass is 16.6. The molecule has 0 bridgehead atoms. The summed E-state index contributed by atoms with van der Waals surface area (Å²) >= 11 is 0. The number of phenols is 1. The van der Waals surface area contributed by atoms with Gasteiger partial charge in [-0.05, 0) is 37.8 Å². The highest BCUT2D eigenvalue weighted by Crippen LogP contribution is 2.58. The van der Waals surface area contributed by atoms with Crippen molar-refractivity contribution in [1.29, 1.82) is 0 Å². The van der Waals surface area contributed by atoms with Gasteiger partial charge in [0, 0.05) is 52.5 Å². The van der Waals surface area contributed by atoms with E-state index in [0.717, 1.165) is 4.90 Å². The number of benzene rings is 2. The molecular weight excluding hydrogens is 544 g/mol. The molecule has 11 nitrogen and oxygen atoms in total. The number of Topliss-reactive ketones (excluding diaryl/α,β-unsaturated/α-hetero) is 1. The number of hydrogen-bond donors (Lipinski definition) is 1. The van der Waals surface area contributed by atoms with Gasteiger partial charge in [-0.1, -0.05) is 17.7 Å². The molecule has 6 rings (SSSR count). The van der Waals surface area contributed by atoms with Crippen molar-refractivity contribution >= 4 is 34.8 Å². The SMILES string of the molecule is COc1cc(O)c([C@H]2C3=CC[C@@H]4C(=O)N(c5cccc([N+](=O)[O-])c5)C(=O)[C@@H]4[C@@H]3CC3=C2C(=O)C=C(C)C3=O)c(OC)c1. The maximum atomic E-state index is 14.0. The van der Waals surface area contributed by atoms with Gasteiger partial charge in [0.05, 0.1) is 36.7 Å². The van der Waals surface area contributed by atoms with Crippen LogP contribution in [0.15, 0.2) is 70.8 Å². The average Bonchev–Trinajstić information content (AvgIpc) is 3.24. The van der Waals surface area contributed by atoms with E-state index < -0.39 is 40.4 Å². The topological polar surface area (TPSA) is 153 Å². The summed E-state index contributed by atoms with van der Waals surface area (Å²) in [7, 11) is 2.84. The van der Waals surface area contributed by atoms with Crippen LogP contribution in [0.1, 0.15) is 31.2 Å². The second-order valence-corrected chi connectivity index (χ2v) is 10.8. The fourth-order valence-electron chi connectivity index (χ4n) is 6.88. The Morgan fingerprint density at radius 1 is 1.02 bits per heavy atom. The molecule has 4 aliphatic rings. The second kappa shape index (κ2) is 9.79. The number of carbonyl (C=O) groups is 4. The number of nitrogens with zero attached hydrogens (tertiary/aromatic N) is 2. The van der Waals surface area contributed by atoms with E-state index in [4.69, 9.17) is 9.47 Å². The molecule has 0 aromatic heterocycles. The fourth-order valence-corrected chi connectivity index (χ4v) is 6.88. The van der Waals surface area contributed by atoms with Crippen molar-refractivity contribution < 1.29 is 38.7 Å². The van der Waals surface area contributed by atoms with Crippen LogP contribution in [0.5, 0.6) is 17.2 Å². The number of non-ortho nitro benzene ring substituents is 1. The van der Waals surface area contributed by atoms with Crippen molar-refractivity contribution in [2.45, 2.75) is 25.7 Å². The number of ketones is 2. The Hall–Kier alpha value is -5.06. The molecule has 0 radical (unpaired) electrons. The van der Waals surface area contributed by atoms with E-state index in [-0.39, 0.29) is 69.6 Å². The molecule has 11 heteroatoms. The molecule has 1 fully saturated rings. The van der Waals surface area contributed by atoms with Crippen molar-refractivity contribution in [1.82, 2.24) is 0 Å². The second-order valence-electron chi connectivity index (χ2n) is 10.8. The number of aromatic hydroxyl groups is 1. The van der Waals surface area contributed by atoms with E-state index in [0.29, 0.717) is 11.3 Å². The smallest absolute Gasteiger partial charge is 0.271 e. The Morgan fingerprint density at radius 2 is 1.79 bits per heavy atom. The number of anilines is 1. The molecule has 1 saturated heterocycles. The summed E-state index contributed by atoms with van der Waals surface area (Å²) in [5, 5.41) is 22.6. The van der Waals surface area contributed by atoms with Crippen LogP contribution in [-0.2, 0) is 19.2 Å². The zero-order chi connectivity index (χ0) is 30.0. The normalized spacial score (nSPS) is 25.0. The molecule has 3 aliphatic carbocycles. The summed E-state index contributed by atoms with van der Waals surface area (Å²) in [6.45, 7) is 1.55. The van der Waals surface area contributed by atoms with E-state index in [1.165, 1.54) is 50.6 Å². The van der Waals surface area contributed by atoms with Crippen LogP contribution in [0.2, 0.25) is 0 Å². The Balaban J connectivity index is 1.51. The molecule has 1 N–H and O–H groups in total. The number of phenolic OH excluding ortho intramolecular Hbond substituents is 1. The van der Waals surface area contributed by atoms with Crippen LogP contribution in [-0.4, -0.2) is 47.6 Å². The lowest BCUT2D eigenvalue weighted by molar-refractivity contribution is -0.384. The Labute approximate surface area is 239 Å². The molecule has 2 amide bonds. The molecule has 0 unspecified atom stereocenters. The van der Waals surface area contributed by atoms with Crippen molar-refractivity contribution in [3.63, 3.8) is 0 Å². The maximum absolute atomic E-state index is 14.0. The first-order chi connectivity index (χ1) is 20.1. The van der Waals surface area contributed by atoms with E-state index in [1.807, 2.05) is 6.08 Å². The fraction of sp³-hybridized carbons (Fsp3) is 0.290. The number of hydrogen-bond acceptors (Lipinski definition) is 9. The van der Waals surface area contributed by atoms with Gasteiger partial charge in [0.15, 0.2) is 11.6 Å². The first-order valence-corrected chi connectivity index (χ1v) is 13.3. The average molecular weight is 571 g/mol. The minimum Gasteiger partial charge on any atom is -0.507 e. The zero-order valence-electron chi connectivity index (χ0n) is 23.0. The van der Waals surface area contributed by atoms with Gasteiger partial charge in [-0.25, -0.2) is 4.90 Å². The molecule has 1 heterocycles. The number of allylic oxidation sites excluding steroid dienone is 6. The number of imide groups is 1. The number of carbonyl (C=O) groups excluding carboxylic acids is 4. The van der Waals surface area contributed by atoms with Crippen LogP contribution in [0.3, 0.4) is 0 Å². The van der Waals surface area contributed by atoms with Gasteiger partial charge in [-0.3, -0.25) is 29.3 Å². The van der Waals surface area contributed by atoms with Gasteiger partial charge in [-0.15, -0.1) is 0 Å². The molecule has 4 atom stereocenters. The van der Waals surface area contributed by atoms with Crippen LogP contribution < -0.4 is 14.4 Å². The maximum Gasteiger partial charge on any atom is 0.271 e. The molecule has 2 aromatic rings. The van der Waals surface area contributed by atoms with E-state index in [2.05, 4.69) is 0 Å². The first kappa shape index (κ1) is 27.1. The Kier molecular flexibility index (Phi) is 6.32. The summed E-state index contributed by atoms with van der Waals surface area (Å²) < 4.78 is 10.9. The minimum atomic E-state index is -0.920. The van der Waals surface area contributed by atoms with Gasteiger partial charge < -0.3 is 14.6 Å². The van der Waals surface area contributed by atoms with Gasteiger partial charge >= 0.3 is 0 Å². The van der Waals surface area contributed by atoms with Gasteiger partial charge in [0.1, 0.15) is 17.2 Å². The van der Waals surface area contributed by atoms with E-state index >= 15 is 0 Å². The number of nitro groups is 1. The quantitative estimate of drug-likeness (QED) is 0.185. The van der Waals surface area contributed by atoms with Gasteiger partial charge in [0.25, 0.3) is 5.69 Å². The monoisotopic (exact) mass is 570 g/mol. The van der Waals surface area contributed by atoms with Crippen LogP contribution in [0, 0.1) is 27.9 Å².